The van der Waals surface area contributed by atoms with Crippen LogP contribution in [-0.4, -0.2) is 27.0 Å². The first kappa shape index (κ1) is 26.7. The number of fused-ring (bicyclic) bond motifs is 7. The molecule has 0 aromatic carbocycles. The van der Waals surface area contributed by atoms with Gasteiger partial charge in [0.15, 0.2) is 5.78 Å². The van der Waals surface area contributed by atoms with Crippen LogP contribution in [-0.2, 0) is 9.59 Å². The fourth-order valence-electron chi connectivity index (χ4n) is 10.9. The van der Waals surface area contributed by atoms with Crippen LogP contribution in [0.4, 0.5) is 0 Å². The lowest BCUT2D eigenvalue weighted by Crippen LogP contribution is -2.68. The van der Waals surface area contributed by atoms with Crippen molar-refractivity contribution in [1.29, 1.82) is 5.26 Å². The number of allylic oxidation sites excluding steroid dienone is 2. The van der Waals surface area contributed by atoms with Crippen LogP contribution in [0.25, 0.3) is 0 Å². The van der Waals surface area contributed by atoms with Crippen molar-refractivity contribution in [3.05, 3.63) is 30.4 Å². The quantitative estimate of drug-likeness (QED) is 0.418. The fourth-order valence-corrected chi connectivity index (χ4v) is 10.9. The molecule has 1 aromatic rings. The Morgan fingerprint density at radius 1 is 1.03 bits per heavy atom. The van der Waals surface area contributed by atoms with Crippen LogP contribution in [0.3, 0.4) is 0 Å². The van der Waals surface area contributed by atoms with Crippen LogP contribution < -0.4 is 0 Å². The van der Waals surface area contributed by atoms with Gasteiger partial charge >= 0.3 is 0 Å². The molecule has 0 radical (unpaired) electrons. The van der Waals surface area contributed by atoms with Gasteiger partial charge in [0.25, 0.3) is 0 Å². The SMILES string of the molecule is C[C@@H]1C(=O)C(C#N)=C[C@]2(C)[C@H]3CC(=O)C4C5CC(C)(C)CC[C@]5(C(=O)n5ccnc5)CC[C@@]4(C)[C@]3(C)CC[C@@H]12. The predicted octanol–water partition coefficient (Wildman–Crippen LogP) is 6.43. The molecule has 6 heteroatoms. The Hall–Kier alpha value is -2.55. The predicted molar refractivity (Wildman–Crippen MR) is 147 cm³/mol. The van der Waals surface area contributed by atoms with Gasteiger partial charge in [-0.3, -0.25) is 19.0 Å². The number of hydrogen-bond acceptors (Lipinski definition) is 5. The van der Waals surface area contributed by atoms with Gasteiger partial charge in [-0.1, -0.05) is 47.6 Å². The molecule has 1 heterocycles. The van der Waals surface area contributed by atoms with Gasteiger partial charge in [0, 0.05) is 30.7 Å². The van der Waals surface area contributed by atoms with Crippen LogP contribution in [0.5, 0.6) is 0 Å². The standard InChI is InChI=1S/C33H43N3O3/c1-20-22-7-8-31(5)25(30(22,4)16-21(18-34)27(20)38)15-24(37)26-23-17-29(2,3)9-11-33(23,12-10-32(26,31)6)28(39)36-14-13-35-19-36/h13-14,16,19-20,22-23,25-26H,7-12,15,17H2,1-6H3/t20-,22-,23?,25+,26?,30-,31+,32+,33-/m0/s1. The van der Waals surface area contributed by atoms with E-state index in [0.717, 1.165) is 44.9 Å². The number of aromatic nitrogens is 2. The number of nitriles is 1. The molecular weight excluding hydrogens is 486 g/mol. The number of hydrogen-bond donors (Lipinski definition) is 0. The summed E-state index contributed by atoms with van der Waals surface area (Å²) < 4.78 is 1.66. The Balaban J connectivity index is 1.47. The molecule has 4 fully saturated rings. The van der Waals surface area contributed by atoms with E-state index in [0.29, 0.717) is 12.2 Å². The largest absolute Gasteiger partial charge is 0.299 e. The third-order valence-corrected chi connectivity index (χ3v) is 13.3. The minimum atomic E-state index is -0.542. The maximum absolute atomic E-state index is 14.6. The summed E-state index contributed by atoms with van der Waals surface area (Å²) >= 11 is 0. The topological polar surface area (TPSA) is 92.8 Å². The average Bonchev–Trinajstić information content (AvgIpc) is 3.42. The molecule has 6 rings (SSSR count). The summed E-state index contributed by atoms with van der Waals surface area (Å²) in [6, 6.07) is 2.19. The molecule has 39 heavy (non-hydrogen) atoms. The molecule has 0 spiro atoms. The first-order valence-electron chi connectivity index (χ1n) is 15.0. The monoisotopic (exact) mass is 529 g/mol. The van der Waals surface area contributed by atoms with Gasteiger partial charge < -0.3 is 0 Å². The summed E-state index contributed by atoms with van der Waals surface area (Å²) in [4.78, 5) is 45.9. The van der Waals surface area contributed by atoms with Gasteiger partial charge in [-0.2, -0.15) is 5.26 Å². The summed E-state index contributed by atoms with van der Waals surface area (Å²) in [6.07, 6.45) is 13.7. The van der Waals surface area contributed by atoms with E-state index in [1.807, 2.05) is 13.0 Å². The Labute approximate surface area is 232 Å². The second-order valence-electron chi connectivity index (χ2n) is 15.3. The first-order valence-corrected chi connectivity index (χ1v) is 15.0. The van der Waals surface area contributed by atoms with Crippen LogP contribution in [0, 0.1) is 68.0 Å². The highest BCUT2D eigenvalue weighted by Crippen LogP contribution is 2.75. The first-order chi connectivity index (χ1) is 18.2. The van der Waals surface area contributed by atoms with Gasteiger partial charge in [-0.25, -0.2) is 4.98 Å². The van der Waals surface area contributed by atoms with E-state index >= 15 is 0 Å². The van der Waals surface area contributed by atoms with E-state index in [4.69, 9.17) is 0 Å². The fraction of sp³-hybridized carbons (Fsp3) is 0.727. The summed E-state index contributed by atoms with van der Waals surface area (Å²) in [5.41, 5.74) is -0.939. The van der Waals surface area contributed by atoms with E-state index in [1.165, 1.54) is 0 Å². The molecule has 0 saturated heterocycles. The number of carbonyl (C=O) groups excluding carboxylic acids is 3. The molecule has 0 aliphatic heterocycles. The number of ketones is 2. The van der Waals surface area contributed by atoms with Gasteiger partial charge in [0.05, 0.1) is 11.0 Å². The van der Waals surface area contributed by atoms with Crippen molar-refractivity contribution in [1.82, 2.24) is 9.55 Å². The zero-order chi connectivity index (χ0) is 28.2. The molecule has 6 nitrogen and oxygen atoms in total. The Morgan fingerprint density at radius 3 is 2.41 bits per heavy atom. The van der Waals surface area contributed by atoms with Crippen molar-refractivity contribution < 1.29 is 14.4 Å². The van der Waals surface area contributed by atoms with E-state index in [1.54, 1.807) is 23.3 Å². The lowest BCUT2D eigenvalue weighted by molar-refractivity contribution is -0.213. The number of Topliss-reactive ketones (excluding diaryl/α,β-unsaturated/α-hetero) is 2. The molecule has 208 valence electrons. The lowest BCUT2D eigenvalue weighted by atomic mass is 9.32. The van der Waals surface area contributed by atoms with Crippen molar-refractivity contribution in [3.8, 4) is 6.07 Å². The second kappa shape index (κ2) is 8.24. The molecule has 5 aliphatic carbocycles. The van der Waals surface area contributed by atoms with E-state index in [9.17, 15) is 19.6 Å². The zero-order valence-corrected chi connectivity index (χ0v) is 24.4. The summed E-state index contributed by atoms with van der Waals surface area (Å²) in [7, 11) is 0. The number of imidazole rings is 1. The minimum absolute atomic E-state index is 0.00257. The molecule has 0 amide bonds. The maximum atomic E-state index is 14.6. The van der Waals surface area contributed by atoms with E-state index in [2.05, 4.69) is 45.7 Å². The van der Waals surface area contributed by atoms with Gasteiger partial charge in [0.2, 0.25) is 5.91 Å². The third kappa shape index (κ3) is 3.31. The maximum Gasteiger partial charge on any atom is 0.238 e. The Bertz CT molecular complexity index is 1320. The number of carbonyl (C=O) groups is 3. The van der Waals surface area contributed by atoms with Crippen molar-refractivity contribution in [3.63, 3.8) is 0 Å². The molecular formula is C33H43N3O3. The molecule has 5 aliphatic rings. The highest BCUT2D eigenvalue weighted by atomic mass is 16.2. The van der Waals surface area contributed by atoms with Crippen molar-refractivity contribution >= 4 is 17.5 Å². The van der Waals surface area contributed by atoms with Gasteiger partial charge in [-0.05, 0) is 84.4 Å². The van der Waals surface area contributed by atoms with Crippen LogP contribution in [0.1, 0.15) is 97.7 Å². The zero-order valence-electron chi connectivity index (χ0n) is 24.4. The van der Waals surface area contributed by atoms with Crippen LogP contribution in [0.2, 0.25) is 0 Å². The summed E-state index contributed by atoms with van der Waals surface area (Å²) in [5.74, 6) is 0.218. The summed E-state index contributed by atoms with van der Waals surface area (Å²) in [5, 5.41) is 9.83. The second-order valence-corrected chi connectivity index (χ2v) is 15.3. The van der Waals surface area contributed by atoms with Gasteiger partial charge in [0.1, 0.15) is 18.2 Å². The normalized spacial score (nSPS) is 46.6. The molecule has 1 aromatic heterocycles. The number of nitrogens with zero attached hydrogens (tertiary/aromatic N) is 3. The van der Waals surface area contributed by atoms with E-state index in [-0.39, 0.29) is 68.5 Å². The van der Waals surface area contributed by atoms with Crippen molar-refractivity contribution in [2.75, 3.05) is 0 Å². The molecule has 9 atom stereocenters. The molecule has 0 bridgehead atoms. The highest BCUT2D eigenvalue weighted by Gasteiger charge is 2.72. The highest BCUT2D eigenvalue weighted by molar-refractivity contribution is 6.02. The van der Waals surface area contributed by atoms with Crippen LogP contribution in [0.15, 0.2) is 30.4 Å². The average molecular weight is 530 g/mol. The van der Waals surface area contributed by atoms with Crippen molar-refractivity contribution in [2.45, 2.75) is 92.9 Å². The third-order valence-electron chi connectivity index (χ3n) is 13.3. The molecule has 2 unspecified atom stereocenters. The molecule has 0 N–H and O–H groups in total. The van der Waals surface area contributed by atoms with E-state index < -0.39 is 5.41 Å². The lowest BCUT2D eigenvalue weighted by Gasteiger charge is -2.71. The smallest absolute Gasteiger partial charge is 0.238 e. The van der Waals surface area contributed by atoms with Gasteiger partial charge in [-0.15, -0.1) is 0 Å². The van der Waals surface area contributed by atoms with Crippen molar-refractivity contribution in [2.24, 2.45) is 56.7 Å². The minimum Gasteiger partial charge on any atom is -0.299 e. The Morgan fingerprint density at radius 2 is 1.74 bits per heavy atom. The van der Waals surface area contributed by atoms with Crippen LogP contribution >= 0.6 is 0 Å². The number of rotatable bonds is 1. The Kier molecular flexibility index (Phi) is 5.63. The molecule has 4 saturated carbocycles. The summed E-state index contributed by atoms with van der Waals surface area (Å²) in [6.45, 7) is 13.5.